The van der Waals surface area contributed by atoms with Crippen molar-refractivity contribution in [2.75, 3.05) is 71.3 Å². The Morgan fingerprint density at radius 1 is 0.710 bits per heavy atom. The van der Waals surface area contributed by atoms with Crippen LogP contribution < -0.4 is 20.7 Å². The van der Waals surface area contributed by atoms with Crippen molar-refractivity contribution in [2.45, 2.75) is 58.0 Å². The number of pyridine rings is 1. The third kappa shape index (κ3) is 16.2. The van der Waals surface area contributed by atoms with Gasteiger partial charge in [0.1, 0.15) is 24.2 Å². The number of nitrogens with zero attached hydrogens (tertiary/aromatic N) is 1. The minimum Gasteiger partial charge on any atom is -0.491 e. The molecule has 0 bridgehead atoms. The second-order valence-electron chi connectivity index (χ2n) is 14.8. The predicted molar refractivity (Wildman–Crippen MR) is 240 cm³/mol. The Labute approximate surface area is 364 Å². The lowest BCUT2D eigenvalue weighted by Crippen LogP contribution is -2.49. The Bertz CT molecular complexity index is 2120. The van der Waals surface area contributed by atoms with Crippen LogP contribution in [0.3, 0.4) is 0 Å². The lowest BCUT2D eigenvalue weighted by molar-refractivity contribution is -0.138. The van der Waals surface area contributed by atoms with Crippen molar-refractivity contribution in [2.24, 2.45) is 0 Å². The maximum absolute atomic E-state index is 13.9. The van der Waals surface area contributed by atoms with Crippen molar-refractivity contribution in [1.82, 2.24) is 15.6 Å². The van der Waals surface area contributed by atoms with Gasteiger partial charge in [-0.15, -0.1) is 0 Å². The standard InChI is InChI=1S/C49H60N4O9/c1-3-24-58-25-26-59-27-28-60-29-30-61-31-32-62-45-20-19-40(41-12-7-8-13-42(41)45)38-15-17-39(18-16-38)43(35-48(55)56)53-49(57)44(34-37-10-5-4-6-11-37)52-47(54)14-9-22-50-46-33-36(2)21-23-51-46/h4-8,10-13,15-21,23,33,43-44H,3,9,14,22,24-32,34-35H2,1-2H3,(H,50,51)(H,52,54)(H,53,57)(H,55,56)/t43-,44-/m0/s1. The highest BCUT2D eigenvalue weighted by Crippen LogP contribution is 2.35. The molecular formula is C49H60N4O9. The molecule has 2 atom stereocenters. The van der Waals surface area contributed by atoms with Gasteiger partial charge in [0, 0.05) is 37.6 Å². The number of amides is 2. The molecule has 0 aliphatic carbocycles. The average molecular weight is 849 g/mol. The lowest BCUT2D eigenvalue weighted by Gasteiger charge is -2.23. The monoisotopic (exact) mass is 848 g/mol. The molecule has 0 fully saturated rings. The van der Waals surface area contributed by atoms with E-state index in [0.717, 1.165) is 57.6 Å². The van der Waals surface area contributed by atoms with Crippen molar-refractivity contribution in [1.29, 1.82) is 0 Å². The Morgan fingerprint density at radius 2 is 1.35 bits per heavy atom. The first-order valence-electron chi connectivity index (χ1n) is 21.4. The first-order valence-corrected chi connectivity index (χ1v) is 21.4. The summed E-state index contributed by atoms with van der Waals surface area (Å²) in [5.41, 5.74) is 4.45. The number of nitrogens with one attached hydrogen (secondary N) is 3. The van der Waals surface area contributed by atoms with Crippen LogP contribution in [0.5, 0.6) is 5.75 Å². The predicted octanol–water partition coefficient (Wildman–Crippen LogP) is 7.32. The van der Waals surface area contributed by atoms with Gasteiger partial charge < -0.3 is 44.7 Å². The molecule has 5 rings (SSSR count). The Balaban J connectivity index is 1.16. The van der Waals surface area contributed by atoms with Crippen LogP contribution in [0.1, 0.15) is 55.3 Å². The molecule has 1 heterocycles. The average Bonchev–Trinajstić information content (AvgIpc) is 3.28. The summed E-state index contributed by atoms with van der Waals surface area (Å²) in [7, 11) is 0. The van der Waals surface area contributed by atoms with Gasteiger partial charge in [-0.25, -0.2) is 4.98 Å². The van der Waals surface area contributed by atoms with Crippen LogP contribution in [0.25, 0.3) is 21.9 Å². The van der Waals surface area contributed by atoms with E-state index < -0.39 is 24.0 Å². The van der Waals surface area contributed by atoms with Crippen molar-refractivity contribution in [3.8, 4) is 16.9 Å². The third-order valence-corrected chi connectivity index (χ3v) is 9.89. The molecule has 330 valence electrons. The molecule has 5 aromatic rings. The van der Waals surface area contributed by atoms with Crippen LogP contribution in [0.15, 0.2) is 109 Å². The first kappa shape index (κ1) is 47.2. The Morgan fingerprint density at radius 3 is 2.02 bits per heavy atom. The number of ether oxygens (including phenoxy) is 5. The zero-order chi connectivity index (χ0) is 43.8. The molecule has 0 aliphatic heterocycles. The fraction of sp³-hybridized carbons (Fsp3) is 0.388. The number of aliphatic carboxylic acids is 1. The maximum Gasteiger partial charge on any atom is 0.305 e. The number of hydrogen-bond acceptors (Lipinski definition) is 10. The molecule has 0 unspecified atom stereocenters. The number of carbonyl (C=O) groups is 3. The smallest absolute Gasteiger partial charge is 0.305 e. The number of carboxylic acids is 1. The summed E-state index contributed by atoms with van der Waals surface area (Å²) >= 11 is 0. The maximum atomic E-state index is 13.9. The van der Waals surface area contributed by atoms with Gasteiger partial charge in [-0.3, -0.25) is 14.4 Å². The summed E-state index contributed by atoms with van der Waals surface area (Å²) in [6, 6.07) is 30.9. The van der Waals surface area contributed by atoms with Gasteiger partial charge >= 0.3 is 5.97 Å². The number of rotatable bonds is 29. The highest BCUT2D eigenvalue weighted by atomic mass is 16.6. The summed E-state index contributed by atoms with van der Waals surface area (Å²) in [6.45, 7) is 9.20. The van der Waals surface area contributed by atoms with Crippen LogP contribution in [-0.4, -0.2) is 99.9 Å². The number of anilines is 1. The van der Waals surface area contributed by atoms with Crippen LogP contribution in [0, 0.1) is 6.92 Å². The van der Waals surface area contributed by atoms with Gasteiger partial charge in [0.25, 0.3) is 0 Å². The van der Waals surface area contributed by atoms with Crippen LogP contribution in [-0.2, 0) is 39.8 Å². The van der Waals surface area contributed by atoms with E-state index in [-0.39, 0.29) is 25.2 Å². The number of carbonyl (C=O) groups excluding carboxylic acids is 2. The van der Waals surface area contributed by atoms with Gasteiger partial charge in [-0.2, -0.15) is 0 Å². The summed E-state index contributed by atoms with van der Waals surface area (Å²) < 4.78 is 28.3. The fourth-order valence-electron chi connectivity index (χ4n) is 6.78. The minimum absolute atomic E-state index is 0.192. The van der Waals surface area contributed by atoms with Crippen molar-refractivity contribution in [3.05, 3.63) is 126 Å². The number of benzene rings is 4. The second-order valence-corrected chi connectivity index (χ2v) is 14.8. The van der Waals surface area contributed by atoms with Crippen LogP contribution >= 0.6 is 0 Å². The molecule has 4 aromatic carbocycles. The van der Waals surface area contributed by atoms with Gasteiger partial charge in [-0.1, -0.05) is 91.9 Å². The van der Waals surface area contributed by atoms with E-state index in [1.165, 1.54) is 0 Å². The largest absolute Gasteiger partial charge is 0.491 e. The van der Waals surface area contributed by atoms with Gasteiger partial charge in [0.2, 0.25) is 11.8 Å². The molecule has 2 amide bonds. The van der Waals surface area contributed by atoms with E-state index in [9.17, 15) is 19.5 Å². The van der Waals surface area contributed by atoms with Crippen LogP contribution in [0.4, 0.5) is 5.82 Å². The molecule has 13 heteroatoms. The number of aryl methyl sites for hydroxylation is 1. The van der Waals surface area contributed by atoms with E-state index in [1.807, 2.05) is 110 Å². The third-order valence-electron chi connectivity index (χ3n) is 9.89. The highest BCUT2D eigenvalue weighted by Gasteiger charge is 2.26. The van der Waals surface area contributed by atoms with E-state index in [2.05, 4.69) is 27.9 Å². The topological polar surface area (TPSA) is 167 Å². The van der Waals surface area contributed by atoms with E-state index in [4.69, 9.17) is 23.7 Å². The first-order chi connectivity index (χ1) is 30.3. The van der Waals surface area contributed by atoms with E-state index in [1.54, 1.807) is 6.20 Å². The summed E-state index contributed by atoms with van der Waals surface area (Å²) in [5.74, 6) is -0.342. The Hall–Kier alpha value is -5.86. The number of carboxylic acid groups (broad SMARTS) is 1. The number of aromatic nitrogens is 1. The van der Waals surface area contributed by atoms with Crippen molar-refractivity contribution < 1.29 is 43.2 Å². The molecule has 0 radical (unpaired) electrons. The molecule has 4 N–H and O–H groups in total. The van der Waals surface area contributed by atoms with E-state index >= 15 is 0 Å². The zero-order valence-electron chi connectivity index (χ0n) is 35.8. The van der Waals surface area contributed by atoms with Crippen molar-refractivity contribution >= 4 is 34.4 Å². The molecule has 62 heavy (non-hydrogen) atoms. The highest BCUT2D eigenvalue weighted by molar-refractivity contribution is 6.00. The lowest BCUT2D eigenvalue weighted by atomic mass is 9.95. The quantitative estimate of drug-likeness (QED) is 0.0357. The van der Waals surface area contributed by atoms with E-state index in [0.29, 0.717) is 71.4 Å². The van der Waals surface area contributed by atoms with Gasteiger partial charge in [0.15, 0.2) is 0 Å². The molecule has 13 nitrogen and oxygen atoms in total. The number of fused-ring (bicyclic) bond motifs is 1. The zero-order valence-corrected chi connectivity index (χ0v) is 35.8. The molecule has 0 saturated carbocycles. The molecule has 1 aromatic heterocycles. The SMILES string of the molecule is CCCOCCOCCOCCOCCOc1ccc(-c2ccc([C@H](CC(=O)O)NC(=O)[C@H](Cc3ccccc3)NC(=O)CCCNc3cc(C)ccn3)cc2)c2ccccc12. The molecular weight excluding hydrogens is 789 g/mol. The molecule has 0 aliphatic rings. The summed E-state index contributed by atoms with van der Waals surface area (Å²) in [6.07, 6.45) is 3.34. The van der Waals surface area contributed by atoms with Gasteiger partial charge in [-0.05, 0) is 71.2 Å². The normalized spacial score (nSPS) is 12.1. The number of hydrogen-bond donors (Lipinski definition) is 4. The van der Waals surface area contributed by atoms with Crippen molar-refractivity contribution in [3.63, 3.8) is 0 Å². The van der Waals surface area contributed by atoms with Crippen LogP contribution in [0.2, 0.25) is 0 Å². The van der Waals surface area contributed by atoms with Gasteiger partial charge in [0.05, 0.1) is 58.7 Å². The fourth-order valence-corrected chi connectivity index (χ4v) is 6.78. The summed E-state index contributed by atoms with van der Waals surface area (Å²) in [4.78, 5) is 43.4. The second kappa shape index (κ2) is 26.5. The Kier molecular flexibility index (Phi) is 20.1. The molecule has 0 saturated heterocycles. The summed E-state index contributed by atoms with van der Waals surface area (Å²) in [5, 5.41) is 20.9. The molecule has 0 spiro atoms. The minimum atomic E-state index is -1.07.